The number of carbonyl (C=O) groups excluding carboxylic acids is 1. The fourth-order valence-electron chi connectivity index (χ4n) is 0.839. The fraction of sp³-hybridized carbons (Fsp3) is 0.625. The van der Waals surface area contributed by atoms with E-state index in [1.807, 2.05) is 0 Å². The van der Waals surface area contributed by atoms with Gasteiger partial charge in [0.2, 0.25) is 0 Å². The second-order valence-electron chi connectivity index (χ2n) is 4.59. The van der Waals surface area contributed by atoms with Crippen LogP contribution in [0, 0.1) is 0 Å². The smallest absolute Gasteiger partial charge is 0.333 e. The molecule has 0 radical (unpaired) electrons. The number of rotatable bonds is 9. The zero-order valence-electron chi connectivity index (χ0n) is 14.1. The summed E-state index contributed by atoms with van der Waals surface area (Å²) >= 11 is 0. The van der Waals surface area contributed by atoms with Gasteiger partial charge in [-0.05, 0) is 26.7 Å². The van der Waals surface area contributed by atoms with Gasteiger partial charge in [-0.15, -0.1) is 0 Å². The maximum absolute atomic E-state index is 10.5. The number of aliphatic hydroxyl groups is 3. The number of ether oxygens (including phenoxy) is 1. The Morgan fingerprint density at radius 1 is 0.826 bits per heavy atom. The standard InChI is InChI=1S/C6H10O3.C6H14O2.C4H6O2/c1-5(2)6(8)9-4-3-7;7-5-3-1-2-4-6-8;1-3(2)4(5)6/h7H,1,3-4H2,2H3;7-8H,1-6H2;1H2,2H3,(H,5,6). The molecule has 0 saturated heterocycles. The van der Waals surface area contributed by atoms with Crippen molar-refractivity contribution in [3.63, 3.8) is 0 Å². The van der Waals surface area contributed by atoms with Crippen molar-refractivity contribution in [2.45, 2.75) is 39.5 Å². The summed E-state index contributed by atoms with van der Waals surface area (Å²) in [5.74, 6) is -1.39. The van der Waals surface area contributed by atoms with Crippen LogP contribution in [0.4, 0.5) is 0 Å². The molecule has 0 aromatic rings. The van der Waals surface area contributed by atoms with Gasteiger partial charge in [0.25, 0.3) is 0 Å². The Bertz CT molecular complexity index is 319. The molecule has 4 N–H and O–H groups in total. The average molecular weight is 334 g/mol. The van der Waals surface area contributed by atoms with E-state index in [4.69, 9.17) is 20.4 Å². The van der Waals surface area contributed by atoms with Gasteiger partial charge in [-0.2, -0.15) is 0 Å². The average Bonchev–Trinajstić information content (AvgIpc) is 2.50. The quantitative estimate of drug-likeness (QED) is 0.284. The van der Waals surface area contributed by atoms with E-state index in [2.05, 4.69) is 17.9 Å². The number of hydrogen-bond donors (Lipinski definition) is 4. The molecule has 0 unspecified atom stereocenters. The molecular weight excluding hydrogens is 304 g/mol. The lowest BCUT2D eigenvalue weighted by molar-refractivity contribution is -0.140. The van der Waals surface area contributed by atoms with Crippen molar-refractivity contribution < 1.29 is 34.8 Å². The van der Waals surface area contributed by atoms with Gasteiger partial charge < -0.3 is 25.2 Å². The zero-order chi connectivity index (χ0) is 18.7. The third-order valence-electron chi connectivity index (χ3n) is 2.10. The molecule has 23 heavy (non-hydrogen) atoms. The lowest BCUT2D eigenvalue weighted by atomic mass is 10.2. The first-order valence-electron chi connectivity index (χ1n) is 7.28. The van der Waals surface area contributed by atoms with E-state index >= 15 is 0 Å². The maximum atomic E-state index is 10.5. The van der Waals surface area contributed by atoms with E-state index < -0.39 is 11.9 Å². The van der Waals surface area contributed by atoms with Gasteiger partial charge >= 0.3 is 11.9 Å². The third-order valence-corrected chi connectivity index (χ3v) is 2.10. The summed E-state index contributed by atoms with van der Waals surface area (Å²) in [6.07, 6.45) is 3.83. The molecule has 136 valence electrons. The largest absolute Gasteiger partial charge is 0.478 e. The van der Waals surface area contributed by atoms with Crippen molar-refractivity contribution in [2.24, 2.45) is 0 Å². The highest BCUT2D eigenvalue weighted by molar-refractivity contribution is 5.86. The van der Waals surface area contributed by atoms with Gasteiger partial charge in [0, 0.05) is 24.4 Å². The summed E-state index contributed by atoms with van der Waals surface area (Å²) in [6.45, 7) is 9.98. The summed E-state index contributed by atoms with van der Waals surface area (Å²) in [6, 6.07) is 0. The van der Waals surface area contributed by atoms with Crippen molar-refractivity contribution in [1.82, 2.24) is 0 Å². The molecule has 7 heteroatoms. The Morgan fingerprint density at radius 3 is 1.43 bits per heavy atom. The summed E-state index contributed by atoms with van der Waals surface area (Å²) < 4.78 is 4.46. The first-order valence-corrected chi connectivity index (χ1v) is 7.28. The van der Waals surface area contributed by atoms with Crippen LogP contribution in [-0.2, 0) is 14.3 Å². The van der Waals surface area contributed by atoms with Gasteiger partial charge in [-0.3, -0.25) is 0 Å². The minimum Gasteiger partial charge on any atom is -0.478 e. The number of esters is 1. The molecule has 0 spiro atoms. The van der Waals surface area contributed by atoms with E-state index in [0.717, 1.165) is 25.7 Å². The molecule has 0 heterocycles. The molecule has 0 bridgehead atoms. The highest BCUT2D eigenvalue weighted by atomic mass is 16.5. The van der Waals surface area contributed by atoms with Gasteiger partial charge in [0.1, 0.15) is 6.61 Å². The molecule has 0 fully saturated rings. The Morgan fingerprint density at radius 2 is 1.22 bits per heavy atom. The minimum atomic E-state index is -0.935. The molecule has 0 aromatic heterocycles. The Kier molecular flexibility index (Phi) is 23.1. The van der Waals surface area contributed by atoms with Crippen molar-refractivity contribution in [3.8, 4) is 0 Å². The fourth-order valence-corrected chi connectivity index (χ4v) is 0.839. The summed E-state index contributed by atoms with van der Waals surface area (Å²) in [5, 5.41) is 32.7. The molecule has 0 aliphatic heterocycles. The topological polar surface area (TPSA) is 124 Å². The van der Waals surface area contributed by atoms with Crippen LogP contribution in [0.2, 0.25) is 0 Å². The molecule has 7 nitrogen and oxygen atoms in total. The van der Waals surface area contributed by atoms with E-state index in [0.29, 0.717) is 5.57 Å². The van der Waals surface area contributed by atoms with Crippen LogP contribution in [0.3, 0.4) is 0 Å². The third kappa shape index (κ3) is 29.0. The Hall–Kier alpha value is -1.70. The van der Waals surface area contributed by atoms with E-state index in [1.165, 1.54) is 6.92 Å². The number of aliphatic carboxylic acids is 1. The number of carboxylic acid groups (broad SMARTS) is 1. The van der Waals surface area contributed by atoms with Crippen LogP contribution in [0.15, 0.2) is 24.3 Å². The minimum absolute atomic E-state index is 0.0473. The first kappa shape index (κ1) is 26.2. The van der Waals surface area contributed by atoms with Crippen LogP contribution in [0.5, 0.6) is 0 Å². The second kappa shape index (κ2) is 20.3. The van der Waals surface area contributed by atoms with Crippen molar-refractivity contribution >= 4 is 11.9 Å². The van der Waals surface area contributed by atoms with E-state index in [-0.39, 0.29) is 32.0 Å². The second-order valence-corrected chi connectivity index (χ2v) is 4.59. The van der Waals surface area contributed by atoms with E-state index in [1.54, 1.807) is 6.92 Å². The number of carboxylic acids is 1. The highest BCUT2D eigenvalue weighted by Crippen LogP contribution is 1.96. The SMILES string of the molecule is C=C(C)C(=O)O.C=C(C)C(=O)OCCO.OCCCCCCO. The van der Waals surface area contributed by atoms with Crippen molar-refractivity contribution in [2.75, 3.05) is 26.4 Å². The molecule has 0 aliphatic rings. The predicted octanol–water partition coefficient (Wildman–Crippen LogP) is 1.28. The van der Waals surface area contributed by atoms with Gasteiger partial charge in [0.15, 0.2) is 0 Å². The lowest BCUT2D eigenvalue weighted by Crippen LogP contribution is -2.08. The number of unbranched alkanes of at least 4 members (excludes halogenated alkanes) is 3. The van der Waals surface area contributed by atoms with Crippen LogP contribution in [0.1, 0.15) is 39.5 Å². The van der Waals surface area contributed by atoms with Gasteiger partial charge in [0.05, 0.1) is 6.61 Å². The molecule has 0 atom stereocenters. The van der Waals surface area contributed by atoms with Crippen molar-refractivity contribution in [1.29, 1.82) is 0 Å². The normalized spacial score (nSPS) is 8.74. The molecule has 0 saturated carbocycles. The van der Waals surface area contributed by atoms with Crippen molar-refractivity contribution in [3.05, 3.63) is 24.3 Å². The molecule has 0 aromatic carbocycles. The Balaban J connectivity index is -0.000000266. The number of carbonyl (C=O) groups is 2. The molecule has 0 amide bonds. The molecule has 0 rings (SSSR count). The Labute approximate surface area is 137 Å². The van der Waals surface area contributed by atoms with Crippen LogP contribution >= 0.6 is 0 Å². The predicted molar refractivity (Wildman–Crippen MR) is 87.9 cm³/mol. The molecule has 0 aliphatic carbocycles. The zero-order valence-corrected chi connectivity index (χ0v) is 14.1. The lowest BCUT2D eigenvalue weighted by Gasteiger charge is -1.99. The highest BCUT2D eigenvalue weighted by Gasteiger charge is 1.99. The van der Waals surface area contributed by atoms with Crippen LogP contribution in [-0.4, -0.2) is 58.8 Å². The first-order chi connectivity index (χ1) is 10.7. The summed E-state index contributed by atoms with van der Waals surface area (Å²) in [4.78, 5) is 20.1. The maximum Gasteiger partial charge on any atom is 0.333 e. The monoisotopic (exact) mass is 334 g/mol. The van der Waals surface area contributed by atoms with Gasteiger partial charge in [-0.1, -0.05) is 26.0 Å². The summed E-state index contributed by atoms with van der Waals surface area (Å²) in [5.41, 5.74) is 0.526. The number of hydrogen-bond acceptors (Lipinski definition) is 6. The van der Waals surface area contributed by atoms with E-state index in [9.17, 15) is 9.59 Å². The number of aliphatic hydroxyl groups excluding tert-OH is 3. The van der Waals surface area contributed by atoms with Gasteiger partial charge in [-0.25, -0.2) is 9.59 Å². The van der Waals surface area contributed by atoms with Crippen LogP contribution < -0.4 is 0 Å². The molecular formula is C16H30O7. The van der Waals surface area contributed by atoms with Crippen LogP contribution in [0.25, 0.3) is 0 Å². The summed E-state index contributed by atoms with van der Waals surface area (Å²) in [7, 11) is 0.